The van der Waals surface area contributed by atoms with Gasteiger partial charge in [0.05, 0.1) is 27.4 Å². The van der Waals surface area contributed by atoms with E-state index in [2.05, 4.69) is 15.2 Å². The Balaban J connectivity index is 1.64. The Morgan fingerprint density at radius 2 is 2.00 bits per heavy atom. The molecule has 138 valence electrons. The van der Waals surface area contributed by atoms with E-state index in [9.17, 15) is 14.3 Å². The number of aromatic amines is 1. The summed E-state index contributed by atoms with van der Waals surface area (Å²) in [4.78, 5) is 16.4. The van der Waals surface area contributed by atoms with E-state index in [0.29, 0.717) is 4.90 Å². The lowest BCUT2D eigenvalue weighted by molar-refractivity contribution is 0.0692. The van der Waals surface area contributed by atoms with Crippen LogP contribution in [0.3, 0.4) is 0 Å². The number of pyridine rings is 1. The van der Waals surface area contributed by atoms with Crippen molar-refractivity contribution < 1.29 is 14.3 Å². The van der Waals surface area contributed by atoms with E-state index in [0.717, 1.165) is 34.1 Å². The summed E-state index contributed by atoms with van der Waals surface area (Å²) >= 11 is 1.07. The molecule has 4 aromatic rings. The van der Waals surface area contributed by atoms with Crippen LogP contribution in [0.2, 0.25) is 0 Å². The largest absolute Gasteiger partial charge is 0.478 e. The summed E-state index contributed by atoms with van der Waals surface area (Å²) in [5, 5.41) is 17.5. The van der Waals surface area contributed by atoms with E-state index < -0.39 is 11.8 Å². The molecule has 0 saturated carbocycles. The summed E-state index contributed by atoms with van der Waals surface area (Å²) in [6.45, 7) is 0. The maximum atomic E-state index is 14.2. The zero-order valence-electron chi connectivity index (χ0n) is 14.5. The zero-order valence-corrected chi connectivity index (χ0v) is 15.3. The highest BCUT2D eigenvalue weighted by atomic mass is 32.2. The number of carbonyl (C=O) groups is 1. The van der Waals surface area contributed by atoms with Gasteiger partial charge in [-0.3, -0.25) is 10.1 Å². The van der Waals surface area contributed by atoms with Crippen LogP contribution in [0, 0.1) is 5.82 Å². The van der Waals surface area contributed by atoms with Crippen molar-refractivity contribution in [3.8, 4) is 0 Å². The van der Waals surface area contributed by atoms with Crippen molar-refractivity contribution in [1.29, 1.82) is 0 Å². The van der Waals surface area contributed by atoms with E-state index in [4.69, 9.17) is 0 Å². The number of benzene rings is 2. The van der Waals surface area contributed by atoms with Crippen LogP contribution >= 0.6 is 11.8 Å². The number of halogens is 1. The number of fused-ring (bicyclic) bond motifs is 1. The van der Waals surface area contributed by atoms with E-state index in [-0.39, 0.29) is 10.5 Å². The molecule has 0 unspecified atom stereocenters. The van der Waals surface area contributed by atoms with Gasteiger partial charge >= 0.3 is 5.97 Å². The van der Waals surface area contributed by atoms with Crippen molar-refractivity contribution >= 4 is 40.8 Å². The molecule has 4 rings (SSSR count). The molecule has 0 saturated heterocycles. The molecule has 0 amide bonds. The molecule has 0 bridgehead atoms. The Morgan fingerprint density at radius 3 is 2.79 bits per heavy atom. The zero-order chi connectivity index (χ0) is 19.5. The van der Waals surface area contributed by atoms with Crippen LogP contribution in [0.25, 0.3) is 23.1 Å². The van der Waals surface area contributed by atoms with Crippen molar-refractivity contribution in [3.63, 3.8) is 0 Å². The van der Waals surface area contributed by atoms with Crippen molar-refractivity contribution in [1.82, 2.24) is 15.2 Å². The number of carboxylic acid groups (broad SMARTS) is 1. The monoisotopic (exact) mass is 391 g/mol. The van der Waals surface area contributed by atoms with Crippen LogP contribution in [-0.2, 0) is 0 Å². The number of aromatic carboxylic acids is 1. The first-order valence-corrected chi connectivity index (χ1v) is 9.20. The average Bonchev–Trinajstić information content (AvgIpc) is 3.11. The summed E-state index contributed by atoms with van der Waals surface area (Å²) in [7, 11) is 0. The number of nitrogens with zero attached hydrogens (tertiary/aromatic N) is 2. The van der Waals surface area contributed by atoms with Gasteiger partial charge in [0.2, 0.25) is 0 Å². The second-order valence-corrected chi connectivity index (χ2v) is 7.01. The van der Waals surface area contributed by atoms with Gasteiger partial charge in [0.1, 0.15) is 5.82 Å². The molecule has 0 atom stereocenters. The van der Waals surface area contributed by atoms with Crippen LogP contribution in [0.15, 0.2) is 70.6 Å². The van der Waals surface area contributed by atoms with Crippen LogP contribution in [-0.4, -0.2) is 26.3 Å². The molecule has 2 heterocycles. The Labute approximate surface area is 163 Å². The smallest absolute Gasteiger partial charge is 0.336 e. The summed E-state index contributed by atoms with van der Waals surface area (Å²) in [5.74, 6) is -1.72. The lowest BCUT2D eigenvalue weighted by Crippen LogP contribution is -2.00. The van der Waals surface area contributed by atoms with Gasteiger partial charge in [0, 0.05) is 16.5 Å². The first-order chi connectivity index (χ1) is 13.6. The molecule has 0 spiro atoms. The highest BCUT2D eigenvalue weighted by Gasteiger charge is 2.16. The molecule has 0 aliphatic heterocycles. The predicted octanol–water partition coefficient (Wildman–Crippen LogP) is 5.12. The van der Waals surface area contributed by atoms with Crippen LogP contribution in [0.1, 0.15) is 21.7 Å². The second kappa shape index (κ2) is 7.66. The number of carboxylic acids is 1. The van der Waals surface area contributed by atoms with Gasteiger partial charge in [-0.1, -0.05) is 23.9 Å². The number of rotatable bonds is 5. The van der Waals surface area contributed by atoms with Crippen LogP contribution < -0.4 is 0 Å². The SMILES string of the molecule is O=C(O)c1cccc(F)c1Sc1ccc2c(/C=C/c3ccccn3)n[nH]c2c1. The van der Waals surface area contributed by atoms with Crippen molar-refractivity contribution in [2.75, 3.05) is 0 Å². The Bertz CT molecular complexity index is 1190. The molecular weight excluding hydrogens is 377 g/mol. The summed E-state index contributed by atoms with van der Waals surface area (Å²) in [5.41, 5.74) is 2.30. The Morgan fingerprint density at radius 1 is 1.11 bits per heavy atom. The number of nitrogens with one attached hydrogen (secondary N) is 1. The predicted molar refractivity (Wildman–Crippen MR) is 107 cm³/mol. The Hall–Kier alpha value is -3.45. The van der Waals surface area contributed by atoms with Gasteiger partial charge in [-0.2, -0.15) is 5.10 Å². The Kier molecular flexibility index (Phi) is 4.90. The van der Waals surface area contributed by atoms with Crippen molar-refractivity contribution in [3.05, 3.63) is 83.6 Å². The summed E-state index contributed by atoms with van der Waals surface area (Å²) in [6.07, 6.45) is 5.46. The highest BCUT2D eigenvalue weighted by molar-refractivity contribution is 7.99. The normalized spacial score (nSPS) is 11.3. The maximum Gasteiger partial charge on any atom is 0.336 e. The van der Waals surface area contributed by atoms with Crippen molar-refractivity contribution in [2.24, 2.45) is 0 Å². The fourth-order valence-electron chi connectivity index (χ4n) is 2.75. The quantitative estimate of drug-likeness (QED) is 0.494. The van der Waals surface area contributed by atoms with Gasteiger partial charge in [0.15, 0.2) is 0 Å². The highest BCUT2D eigenvalue weighted by Crippen LogP contribution is 2.34. The molecule has 0 aliphatic rings. The van der Waals surface area contributed by atoms with Crippen LogP contribution in [0.4, 0.5) is 4.39 Å². The first kappa shape index (κ1) is 17.9. The molecule has 0 radical (unpaired) electrons. The minimum Gasteiger partial charge on any atom is -0.478 e. The fourth-order valence-corrected chi connectivity index (χ4v) is 3.73. The van der Waals surface area contributed by atoms with Crippen LogP contribution in [0.5, 0.6) is 0 Å². The third-order valence-corrected chi connectivity index (χ3v) is 5.19. The molecular formula is C21H14FN3O2S. The van der Waals surface area contributed by atoms with Gasteiger partial charge < -0.3 is 5.11 Å². The third-order valence-electron chi connectivity index (χ3n) is 4.08. The van der Waals surface area contributed by atoms with E-state index in [1.165, 1.54) is 18.2 Å². The second-order valence-electron chi connectivity index (χ2n) is 5.93. The van der Waals surface area contributed by atoms with E-state index in [1.807, 2.05) is 48.6 Å². The minimum atomic E-state index is -1.16. The topological polar surface area (TPSA) is 78.9 Å². The number of hydrogen-bond donors (Lipinski definition) is 2. The molecule has 2 aromatic carbocycles. The summed E-state index contributed by atoms with van der Waals surface area (Å²) < 4.78 is 14.2. The van der Waals surface area contributed by atoms with E-state index >= 15 is 0 Å². The number of aromatic nitrogens is 3. The molecule has 0 aliphatic carbocycles. The molecule has 0 fully saturated rings. The summed E-state index contributed by atoms with van der Waals surface area (Å²) in [6, 6.07) is 15.2. The average molecular weight is 391 g/mol. The standard InChI is InChI=1S/C21H14FN3O2S/c22-17-6-3-5-16(21(26)27)20(17)28-14-8-9-15-18(24-25-19(15)12-14)10-7-13-4-1-2-11-23-13/h1-12H,(H,24,25)(H,26,27)/b10-7+. The molecule has 5 nitrogen and oxygen atoms in total. The first-order valence-electron chi connectivity index (χ1n) is 8.39. The van der Waals surface area contributed by atoms with Gasteiger partial charge in [-0.25, -0.2) is 9.18 Å². The van der Waals surface area contributed by atoms with Gasteiger partial charge in [0.25, 0.3) is 0 Å². The lowest BCUT2D eigenvalue weighted by Gasteiger charge is -2.07. The lowest BCUT2D eigenvalue weighted by atomic mass is 10.2. The van der Waals surface area contributed by atoms with Gasteiger partial charge in [-0.15, -0.1) is 0 Å². The van der Waals surface area contributed by atoms with E-state index in [1.54, 1.807) is 6.20 Å². The molecule has 2 aromatic heterocycles. The molecule has 28 heavy (non-hydrogen) atoms. The molecule has 7 heteroatoms. The number of hydrogen-bond acceptors (Lipinski definition) is 4. The van der Waals surface area contributed by atoms with Crippen molar-refractivity contribution in [2.45, 2.75) is 9.79 Å². The number of H-pyrrole nitrogens is 1. The minimum absolute atomic E-state index is 0.0614. The fraction of sp³-hybridized carbons (Fsp3) is 0. The van der Waals surface area contributed by atoms with Gasteiger partial charge in [-0.05, 0) is 54.6 Å². The third kappa shape index (κ3) is 3.65. The maximum absolute atomic E-state index is 14.2. The molecule has 2 N–H and O–H groups in total.